The molecule has 3 N–H and O–H groups in total. The number of alkyl halides is 1. The summed E-state index contributed by atoms with van der Waals surface area (Å²) in [7, 11) is 0. The second-order valence-electron chi connectivity index (χ2n) is 4.54. The third-order valence-corrected chi connectivity index (χ3v) is 2.93. The maximum absolute atomic E-state index is 11.4. The number of anilines is 1. The summed E-state index contributed by atoms with van der Waals surface area (Å²) in [6, 6.07) is 6.41. The largest absolute Gasteiger partial charge is 0.390 e. The Morgan fingerprint density at radius 3 is 2.35 bits per heavy atom. The molecule has 5 nitrogen and oxygen atoms in total. The molecule has 2 atom stereocenters. The molecule has 1 rings (SSSR count). The van der Waals surface area contributed by atoms with E-state index in [9.17, 15) is 19.8 Å². The number of amides is 1. The van der Waals surface area contributed by atoms with Crippen LogP contribution in [0.15, 0.2) is 24.3 Å². The Hall–Kier alpha value is -1.43. The van der Waals surface area contributed by atoms with Gasteiger partial charge in [-0.3, -0.25) is 9.59 Å². The van der Waals surface area contributed by atoms with Gasteiger partial charge in [-0.2, -0.15) is 0 Å². The van der Waals surface area contributed by atoms with E-state index < -0.39 is 12.2 Å². The van der Waals surface area contributed by atoms with Crippen molar-refractivity contribution in [2.75, 3.05) is 11.2 Å². The van der Waals surface area contributed by atoms with Crippen molar-refractivity contribution >= 4 is 29.0 Å². The highest BCUT2D eigenvalue weighted by Gasteiger charge is 2.17. The van der Waals surface area contributed by atoms with Gasteiger partial charge in [0.05, 0.1) is 12.5 Å². The number of aliphatic hydroxyl groups excluding tert-OH is 2. The summed E-state index contributed by atoms with van der Waals surface area (Å²) in [5.74, 6) is -0.330. The van der Waals surface area contributed by atoms with E-state index >= 15 is 0 Å². The number of carbonyl (C=O) groups excluding carboxylic acids is 2. The first kappa shape index (κ1) is 16.6. The zero-order valence-corrected chi connectivity index (χ0v) is 11.9. The van der Waals surface area contributed by atoms with Crippen molar-refractivity contribution in [1.29, 1.82) is 0 Å². The summed E-state index contributed by atoms with van der Waals surface area (Å²) in [6.45, 7) is 1.34. The molecule has 0 saturated carbocycles. The Balaban J connectivity index is 2.64. The SMILES string of the molecule is CC(=O)CC(=O)Nc1ccc(C(O)C(O)CCCl)cc1. The Morgan fingerprint density at radius 1 is 1.25 bits per heavy atom. The standard InChI is InChI=1S/C14H18ClNO4/c1-9(17)8-13(19)16-11-4-2-10(3-5-11)14(20)12(18)6-7-15/h2-5,12,14,18,20H,6-8H2,1H3,(H,16,19). The van der Waals surface area contributed by atoms with E-state index in [0.717, 1.165) is 0 Å². The third kappa shape index (κ3) is 5.28. The molecule has 0 spiro atoms. The van der Waals surface area contributed by atoms with Gasteiger partial charge in [-0.25, -0.2) is 0 Å². The molecule has 0 aliphatic carbocycles. The summed E-state index contributed by atoms with van der Waals surface area (Å²) in [5, 5.41) is 22.1. The van der Waals surface area contributed by atoms with Crippen LogP contribution in [0, 0.1) is 0 Å². The third-order valence-electron chi connectivity index (χ3n) is 2.71. The minimum Gasteiger partial charge on any atom is -0.390 e. The van der Waals surface area contributed by atoms with Crippen molar-refractivity contribution in [3.05, 3.63) is 29.8 Å². The Kier molecular flexibility index (Phi) is 6.64. The average molecular weight is 300 g/mol. The number of nitrogens with one attached hydrogen (secondary N) is 1. The number of halogens is 1. The van der Waals surface area contributed by atoms with Gasteiger partial charge < -0.3 is 15.5 Å². The molecule has 0 saturated heterocycles. The van der Waals surface area contributed by atoms with Crippen LogP contribution in [0.1, 0.15) is 31.4 Å². The molecular weight excluding hydrogens is 282 g/mol. The average Bonchev–Trinajstić information content (AvgIpc) is 2.38. The number of rotatable bonds is 7. The first-order valence-electron chi connectivity index (χ1n) is 6.25. The molecule has 0 heterocycles. The van der Waals surface area contributed by atoms with Gasteiger partial charge in [-0.05, 0) is 31.0 Å². The lowest BCUT2D eigenvalue weighted by atomic mass is 10.0. The van der Waals surface area contributed by atoms with Crippen LogP contribution >= 0.6 is 11.6 Å². The first-order chi connectivity index (χ1) is 9.43. The predicted octanol–water partition coefficient (Wildman–Crippen LogP) is 1.63. The van der Waals surface area contributed by atoms with Gasteiger partial charge in [0.15, 0.2) is 0 Å². The molecule has 0 aromatic heterocycles. The highest BCUT2D eigenvalue weighted by molar-refractivity contribution is 6.17. The van der Waals surface area contributed by atoms with Crippen LogP contribution in [0.5, 0.6) is 0 Å². The van der Waals surface area contributed by atoms with Crippen molar-refractivity contribution in [3.63, 3.8) is 0 Å². The van der Waals surface area contributed by atoms with Gasteiger partial charge in [-0.15, -0.1) is 11.6 Å². The smallest absolute Gasteiger partial charge is 0.231 e. The highest BCUT2D eigenvalue weighted by Crippen LogP contribution is 2.21. The van der Waals surface area contributed by atoms with E-state index in [1.54, 1.807) is 24.3 Å². The molecule has 2 unspecified atom stereocenters. The summed E-state index contributed by atoms with van der Waals surface area (Å²) in [6.07, 6.45) is -1.82. The fourth-order valence-electron chi connectivity index (χ4n) is 1.69. The van der Waals surface area contributed by atoms with Crippen LogP contribution in [-0.2, 0) is 9.59 Å². The van der Waals surface area contributed by atoms with E-state index in [-0.39, 0.29) is 24.0 Å². The number of hydrogen-bond acceptors (Lipinski definition) is 4. The van der Waals surface area contributed by atoms with Crippen LogP contribution in [0.25, 0.3) is 0 Å². The number of Topliss-reactive ketones (excluding diaryl/α,β-unsaturated/α-hetero) is 1. The summed E-state index contributed by atoms with van der Waals surface area (Å²) in [4.78, 5) is 22.2. The monoisotopic (exact) mass is 299 g/mol. The van der Waals surface area contributed by atoms with Gasteiger partial charge in [0.2, 0.25) is 5.91 Å². The lowest BCUT2D eigenvalue weighted by molar-refractivity contribution is -0.124. The maximum atomic E-state index is 11.4. The number of hydrogen-bond donors (Lipinski definition) is 3. The van der Waals surface area contributed by atoms with Gasteiger partial charge >= 0.3 is 0 Å². The second kappa shape index (κ2) is 7.99. The minimum atomic E-state index is -1.02. The molecule has 1 aromatic rings. The fraction of sp³-hybridized carbons (Fsp3) is 0.429. The second-order valence-corrected chi connectivity index (χ2v) is 4.92. The van der Waals surface area contributed by atoms with Crippen molar-refractivity contribution in [3.8, 4) is 0 Å². The van der Waals surface area contributed by atoms with Gasteiger partial charge in [-0.1, -0.05) is 12.1 Å². The lowest BCUT2D eigenvalue weighted by Crippen LogP contribution is -2.19. The van der Waals surface area contributed by atoms with Gasteiger partial charge in [0.25, 0.3) is 0 Å². The van der Waals surface area contributed by atoms with Crippen LogP contribution in [-0.4, -0.2) is 33.9 Å². The number of ketones is 1. The molecule has 0 aliphatic heterocycles. The van der Waals surface area contributed by atoms with Gasteiger partial charge in [0.1, 0.15) is 11.9 Å². The number of benzene rings is 1. The molecule has 20 heavy (non-hydrogen) atoms. The molecule has 0 radical (unpaired) electrons. The fourth-order valence-corrected chi connectivity index (χ4v) is 1.91. The van der Waals surface area contributed by atoms with E-state index in [4.69, 9.17) is 11.6 Å². The minimum absolute atomic E-state index is 0.168. The predicted molar refractivity (Wildman–Crippen MR) is 76.7 cm³/mol. The Bertz CT molecular complexity index is 461. The molecule has 0 aliphatic rings. The number of aliphatic hydroxyl groups is 2. The molecule has 110 valence electrons. The van der Waals surface area contributed by atoms with Crippen LogP contribution in [0.3, 0.4) is 0 Å². The molecule has 1 aromatic carbocycles. The first-order valence-corrected chi connectivity index (χ1v) is 6.79. The van der Waals surface area contributed by atoms with Crippen molar-refractivity contribution < 1.29 is 19.8 Å². The van der Waals surface area contributed by atoms with Crippen LogP contribution in [0.2, 0.25) is 0 Å². The van der Waals surface area contributed by atoms with E-state index in [2.05, 4.69) is 5.32 Å². The normalized spacial score (nSPS) is 13.6. The molecule has 1 amide bonds. The van der Waals surface area contributed by atoms with Crippen LogP contribution in [0.4, 0.5) is 5.69 Å². The summed E-state index contributed by atoms with van der Waals surface area (Å²) in [5.41, 5.74) is 1.06. The maximum Gasteiger partial charge on any atom is 0.231 e. The number of carbonyl (C=O) groups is 2. The van der Waals surface area contributed by atoms with E-state index in [0.29, 0.717) is 17.7 Å². The Labute approximate surface area is 122 Å². The molecule has 0 fully saturated rings. The highest BCUT2D eigenvalue weighted by atomic mass is 35.5. The summed E-state index contributed by atoms with van der Waals surface area (Å²) >= 11 is 5.51. The van der Waals surface area contributed by atoms with Crippen LogP contribution < -0.4 is 5.32 Å². The zero-order valence-electron chi connectivity index (χ0n) is 11.2. The van der Waals surface area contributed by atoms with E-state index in [1.165, 1.54) is 6.92 Å². The molecule has 0 bridgehead atoms. The zero-order chi connectivity index (χ0) is 15.1. The Morgan fingerprint density at radius 2 is 1.85 bits per heavy atom. The quantitative estimate of drug-likeness (QED) is 0.527. The van der Waals surface area contributed by atoms with Crippen molar-refractivity contribution in [1.82, 2.24) is 0 Å². The lowest BCUT2D eigenvalue weighted by Gasteiger charge is -2.17. The summed E-state index contributed by atoms with van der Waals surface area (Å²) < 4.78 is 0. The topological polar surface area (TPSA) is 86.6 Å². The molecular formula is C14H18ClNO4. The molecule has 6 heteroatoms. The van der Waals surface area contributed by atoms with E-state index in [1.807, 2.05) is 0 Å². The van der Waals surface area contributed by atoms with Gasteiger partial charge in [0, 0.05) is 11.6 Å². The van der Waals surface area contributed by atoms with Crippen molar-refractivity contribution in [2.45, 2.75) is 32.0 Å². The van der Waals surface area contributed by atoms with Crippen molar-refractivity contribution in [2.24, 2.45) is 0 Å².